The molecule has 86 valence electrons. The summed E-state index contributed by atoms with van der Waals surface area (Å²) in [6.45, 7) is 0. The standard InChI is InChI=1S/C14H8N2S2/c1-2-4-13-10(3-1)16-14(18-13)9-5-6-12-11(7-9)15-8-17-12/h1-8H. The Hall–Kier alpha value is -1.78. The van der Waals surface area contributed by atoms with Gasteiger partial charge in [0, 0.05) is 5.56 Å². The molecule has 0 saturated heterocycles. The van der Waals surface area contributed by atoms with Gasteiger partial charge in [-0.05, 0) is 24.3 Å². The quantitative estimate of drug-likeness (QED) is 0.505. The van der Waals surface area contributed by atoms with E-state index in [-0.39, 0.29) is 0 Å². The molecule has 2 aromatic heterocycles. The van der Waals surface area contributed by atoms with Crippen LogP contribution in [0.3, 0.4) is 0 Å². The van der Waals surface area contributed by atoms with E-state index in [2.05, 4.69) is 40.3 Å². The summed E-state index contributed by atoms with van der Waals surface area (Å²) in [5.74, 6) is 0. The minimum absolute atomic E-state index is 1.05. The van der Waals surface area contributed by atoms with Crippen molar-refractivity contribution in [3.05, 3.63) is 48.0 Å². The summed E-state index contributed by atoms with van der Waals surface area (Å²) in [6.07, 6.45) is 0. The average molecular weight is 268 g/mol. The Bertz CT molecular complexity index is 812. The third kappa shape index (κ3) is 1.54. The Labute approximate surface area is 112 Å². The van der Waals surface area contributed by atoms with E-state index in [4.69, 9.17) is 0 Å². The summed E-state index contributed by atoms with van der Waals surface area (Å²) in [7, 11) is 0. The highest BCUT2D eigenvalue weighted by Gasteiger charge is 2.07. The van der Waals surface area contributed by atoms with Crippen molar-refractivity contribution in [2.45, 2.75) is 0 Å². The lowest BCUT2D eigenvalue weighted by Gasteiger charge is -1.95. The van der Waals surface area contributed by atoms with Crippen molar-refractivity contribution >= 4 is 43.1 Å². The monoisotopic (exact) mass is 268 g/mol. The molecule has 2 heterocycles. The van der Waals surface area contributed by atoms with Gasteiger partial charge in [0.2, 0.25) is 0 Å². The second-order valence-corrected chi connectivity index (χ2v) is 5.94. The van der Waals surface area contributed by atoms with Crippen LogP contribution < -0.4 is 0 Å². The molecule has 0 spiro atoms. The smallest absolute Gasteiger partial charge is 0.124 e. The van der Waals surface area contributed by atoms with Crippen molar-refractivity contribution < 1.29 is 0 Å². The average Bonchev–Trinajstić information content (AvgIpc) is 3.04. The molecule has 0 N–H and O–H groups in total. The molecule has 0 radical (unpaired) electrons. The van der Waals surface area contributed by atoms with Crippen LogP contribution in [0.25, 0.3) is 31.0 Å². The van der Waals surface area contributed by atoms with E-state index in [0.717, 1.165) is 21.6 Å². The van der Waals surface area contributed by atoms with E-state index in [1.807, 2.05) is 17.6 Å². The molecule has 4 aromatic rings. The van der Waals surface area contributed by atoms with Crippen LogP contribution in [-0.2, 0) is 0 Å². The van der Waals surface area contributed by atoms with E-state index in [1.165, 1.54) is 9.40 Å². The number of hydrogen-bond acceptors (Lipinski definition) is 4. The fraction of sp³-hybridized carbons (Fsp3) is 0. The van der Waals surface area contributed by atoms with Crippen LogP contribution in [0.1, 0.15) is 0 Å². The van der Waals surface area contributed by atoms with Crippen LogP contribution in [0.15, 0.2) is 48.0 Å². The number of benzene rings is 2. The Morgan fingerprint density at radius 3 is 2.78 bits per heavy atom. The van der Waals surface area contributed by atoms with Crippen LogP contribution >= 0.6 is 22.7 Å². The third-order valence-electron chi connectivity index (χ3n) is 2.87. The van der Waals surface area contributed by atoms with Gasteiger partial charge in [-0.1, -0.05) is 18.2 Å². The zero-order chi connectivity index (χ0) is 11.9. The van der Waals surface area contributed by atoms with Crippen LogP contribution in [-0.4, -0.2) is 9.97 Å². The van der Waals surface area contributed by atoms with E-state index in [1.54, 1.807) is 22.7 Å². The fourth-order valence-electron chi connectivity index (χ4n) is 1.99. The van der Waals surface area contributed by atoms with Crippen molar-refractivity contribution in [2.24, 2.45) is 0 Å². The number of para-hydroxylation sites is 1. The van der Waals surface area contributed by atoms with Crippen LogP contribution in [0, 0.1) is 0 Å². The molecule has 4 heteroatoms. The lowest BCUT2D eigenvalue weighted by atomic mass is 10.2. The molecule has 0 atom stereocenters. The molecule has 0 aliphatic heterocycles. The van der Waals surface area contributed by atoms with E-state index in [9.17, 15) is 0 Å². The van der Waals surface area contributed by atoms with Gasteiger partial charge in [-0.25, -0.2) is 9.97 Å². The van der Waals surface area contributed by atoms with Gasteiger partial charge in [-0.2, -0.15) is 0 Å². The Balaban J connectivity index is 1.94. The van der Waals surface area contributed by atoms with Crippen LogP contribution in [0.2, 0.25) is 0 Å². The summed E-state index contributed by atoms with van der Waals surface area (Å²) in [4.78, 5) is 9.02. The summed E-state index contributed by atoms with van der Waals surface area (Å²) < 4.78 is 2.45. The highest BCUT2D eigenvalue weighted by Crippen LogP contribution is 2.32. The minimum atomic E-state index is 1.05. The number of hydrogen-bond donors (Lipinski definition) is 0. The predicted molar refractivity (Wildman–Crippen MR) is 78.2 cm³/mol. The van der Waals surface area contributed by atoms with Gasteiger partial charge in [0.05, 0.1) is 25.9 Å². The predicted octanol–water partition coefficient (Wildman–Crippen LogP) is 4.57. The first-order valence-corrected chi connectivity index (χ1v) is 7.29. The minimum Gasteiger partial charge on any atom is -0.245 e. The molecule has 2 nitrogen and oxygen atoms in total. The first-order chi connectivity index (χ1) is 8.90. The molecule has 0 unspecified atom stereocenters. The molecule has 0 fully saturated rings. The molecular weight excluding hydrogens is 260 g/mol. The second kappa shape index (κ2) is 3.86. The lowest BCUT2D eigenvalue weighted by Crippen LogP contribution is -1.75. The zero-order valence-corrected chi connectivity index (χ0v) is 11.0. The van der Waals surface area contributed by atoms with Crippen molar-refractivity contribution in [1.82, 2.24) is 9.97 Å². The highest BCUT2D eigenvalue weighted by molar-refractivity contribution is 7.21. The van der Waals surface area contributed by atoms with Gasteiger partial charge in [0.25, 0.3) is 0 Å². The number of rotatable bonds is 1. The number of thiazole rings is 2. The normalized spacial score (nSPS) is 11.3. The fourth-order valence-corrected chi connectivity index (χ4v) is 3.61. The summed E-state index contributed by atoms with van der Waals surface area (Å²) in [6, 6.07) is 14.6. The topological polar surface area (TPSA) is 25.8 Å². The number of fused-ring (bicyclic) bond motifs is 2. The van der Waals surface area contributed by atoms with Crippen molar-refractivity contribution in [3.8, 4) is 10.6 Å². The maximum atomic E-state index is 4.67. The Morgan fingerprint density at radius 2 is 1.83 bits per heavy atom. The Kier molecular flexibility index (Phi) is 2.18. The second-order valence-electron chi connectivity index (χ2n) is 4.02. The van der Waals surface area contributed by atoms with E-state index >= 15 is 0 Å². The highest BCUT2D eigenvalue weighted by atomic mass is 32.1. The van der Waals surface area contributed by atoms with Gasteiger partial charge in [0.15, 0.2) is 0 Å². The molecule has 0 amide bonds. The van der Waals surface area contributed by atoms with Crippen molar-refractivity contribution in [1.29, 1.82) is 0 Å². The summed E-state index contributed by atoms with van der Waals surface area (Å²) in [5, 5.41) is 1.06. The number of aromatic nitrogens is 2. The van der Waals surface area contributed by atoms with Crippen molar-refractivity contribution in [3.63, 3.8) is 0 Å². The van der Waals surface area contributed by atoms with E-state index in [0.29, 0.717) is 0 Å². The molecule has 18 heavy (non-hydrogen) atoms. The molecule has 0 bridgehead atoms. The number of nitrogens with zero attached hydrogens (tertiary/aromatic N) is 2. The first-order valence-electron chi connectivity index (χ1n) is 5.59. The molecule has 0 aliphatic rings. The molecule has 0 aliphatic carbocycles. The summed E-state index contributed by atoms with van der Waals surface area (Å²) in [5.41, 5.74) is 5.15. The lowest BCUT2D eigenvalue weighted by molar-refractivity contribution is 1.46. The van der Waals surface area contributed by atoms with Crippen molar-refractivity contribution in [2.75, 3.05) is 0 Å². The largest absolute Gasteiger partial charge is 0.245 e. The molecule has 2 aromatic carbocycles. The molecular formula is C14H8N2S2. The summed E-state index contributed by atoms with van der Waals surface area (Å²) >= 11 is 3.39. The molecule has 0 saturated carbocycles. The van der Waals surface area contributed by atoms with Gasteiger partial charge in [0.1, 0.15) is 5.01 Å². The van der Waals surface area contributed by atoms with Gasteiger partial charge in [-0.15, -0.1) is 22.7 Å². The van der Waals surface area contributed by atoms with Gasteiger partial charge in [-0.3, -0.25) is 0 Å². The first kappa shape index (κ1) is 10.2. The Morgan fingerprint density at radius 1 is 0.889 bits per heavy atom. The van der Waals surface area contributed by atoms with Gasteiger partial charge >= 0.3 is 0 Å². The SMILES string of the molecule is c1ccc2sc(-c3ccc4scnc4c3)nc2c1. The van der Waals surface area contributed by atoms with E-state index < -0.39 is 0 Å². The third-order valence-corrected chi connectivity index (χ3v) is 4.77. The zero-order valence-electron chi connectivity index (χ0n) is 9.33. The maximum Gasteiger partial charge on any atom is 0.124 e. The van der Waals surface area contributed by atoms with Crippen LogP contribution in [0.5, 0.6) is 0 Å². The van der Waals surface area contributed by atoms with Crippen LogP contribution in [0.4, 0.5) is 0 Å². The maximum absolute atomic E-state index is 4.67. The van der Waals surface area contributed by atoms with Gasteiger partial charge < -0.3 is 0 Å². The molecule has 4 rings (SSSR count).